The molecular formula is C19H25N5O3S. The van der Waals surface area contributed by atoms with Crippen molar-refractivity contribution in [3.05, 3.63) is 53.7 Å². The monoisotopic (exact) mass is 403 g/mol. The summed E-state index contributed by atoms with van der Waals surface area (Å²) in [6, 6.07) is 11.3. The maximum absolute atomic E-state index is 13.2. The first-order valence-corrected chi connectivity index (χ1v) is 11.0. The number of nitrogens with zero attached hydrogens (tertiary/aromatic N) is 3. The van der Waals surface area contributed by atoms with Crippen molar-refractivity contribution in [3.63, 3.8) is 0 Å². The van der Waals surface area contributed by atoms with Crippen LogP contribution in [0, 0.1) is 0 Å². The molecule has 1 aliphatic rings. The molecule has 1 aromatic carbocycles. The molecule has 1 aliphatic heterocycles. The zero-order valence-corrected chi connectivity index (χ0v) is 16.9. The van der Waals surface area contributed by atoms with Gasteiger partial charge in [-0.2, -0.15) is 0 Å². The Morgan fingerprint density at radius 2 is 1.93 bits per heavy atom. The number of hydrogen-bond donors (Lipinski definition) is 2. The number of pyridine rings is 1. The molecule has 0 aliphatic carbocycles. The SMILES string of the molecule is CN(Cc1ccccc1)C(=O)c1cc(NS(C)(=O)=O)cnc1N1CCNCC1. The topological polar surface area (TPSA) is 94.6 Å². The minimum Gasteiger partial charge on any atom is -0.353 e. The van der Waals surface area contributed by atoms with Crippen molar-refractivity contribution in [2.75, 3.05) is 49.1 Å². The molecule has 8 nitrogen and oxygen atoms in total. The minimum absolute atomic E-state index is 0.206. The lowest BCUT2D eigenvalue weighted by molar-refractivity contribution is 0.0785. The number of nitrogens with one attached hydrogen (secondary N) is 2. The zero-order chi connectivity index (χ0) is 20.1. The molecule has 2 aromatic rings. The zero-order valence-electron chi connectivity index (χ0n) is 16.1. The van der Waals surface area contributed by atoms with E-state index >= 15 is 0 Å². The fourth-order valence-electron chi connectivity index (χ4n) is 3.15. The Labute approximate surface area is 165 Å². The van der Waals surface area contributed by atoms with Gasteiger partial charge in [0.05, 0.1) is 23.7 Å². The summed E-state index contributed by atoms with van der Waals surface area (Å²) in [5.74, 6) is 0.368. The summed E-state index contributed by atoms with van der Waals surface area (Å²) in [5.41, 5.74) is 1.67. The van der Waals surface area contributed by atoms with E-state index in [1.54, 1.807) is 18.0 Å². The second-order valence-electron chi connectivity index (χ2n) is 6.85. The highest BCUT2D eigenvalue weighted by molar-refractivity contribution is 7.92. The lowest BCUT2D eigenvalue weighted by Gasteiger charge is -2.30. The van der Waals surface area contributed by atoms with Crippen LogP contribution in [-0.2, 0) is 16.6 Å². The number of sulfonamides is 1. The molecule has 9 heteroatoms. The first-order chi connectivity index (χ1) is 13.3. The molecule has 0 spiro atoms. The van der Waals surface area contributed by atoms with Gasteiger partial charge >= 0.3 is 0 Å². The Bertz CT molecular complexity index is 928. The largest absolute Gasteiger partial charge is 0.353 e. The summed E-state index contributed by atoms with van der Waals surface area (Å²) in [6.07, 6.45) is 2.52. The van der Waals surface area contributed by atoms with Crippen LogP contribution in [0.1, 0.15) is 15.9 Å². The van der Waals surface area contributed by atoms with Gasteiger partial charge in [0, 0.05) is 39.8 Å². The summed E-state index contributed by atoms with van der Waals surface area (Å²) in [6.45, 7) is 3.52. The Morgan fingerprint density at radius 1 is 1.25 bits per heavy atom. The lowest BCUT2D eigenvalue weighted by atomic mass is 10.1. The average molecular weight is 404 g/mol. The van der Waals surface area contributed by atoms with Gasteiger partial charge in [-0.15, -0.1) is 0 Å². The van der Waals surface area contributed by atoms with E-state index in [2.05, 4.69) is 15.0 Å². The average Bonchev–Trinajstić information content (AvgIpc) is 2.67. The van der Waals surface area contributed by atoms with Gasteiger partial charge in [-0.25, -0.2) is 13.4 Å². The van der Waals surface area contributed by atoms with Crippen molar-refractivity contribution >= 4 is 27.4 Å². The van der Waals surface area contributed by atoms with Crippen molar-refractivity contribution in [2.45, 2.75) is 6.54 Å². The van der Waals surface area contributed by atoms with Crippen molar-refractivity contribution < 1.29 is 13.2 Å². The summed E-state index contributed by atoms with van der Waals surface area (Å²) >= 11 is 0. The van der Waals surface area contributed by atoms with Crippen molar-refractivity contribution in [1.82, 2.24) is 15.2 Å². The van der Waals surface area contributed by atoms with Crippen LogP contribution in [0.2, 0.25) is 0 Å². The van der Waals surface area contributed by atoms with Gasteiger partial charge in [0.1, 0.15) is 5.82 Å². The number of benzene rings is 1. The molecule has 2 heterocycles. The van der Waals surface area contributed by atoms with Gasteiger partial charge in [0.15, 0.2) is 0 Å². The van der Waals surface area contributed by atoms with Crippen LogP contribution < -0.4 is 14.9 Å². The van der Waals surface area contributed by atoms with Gasteiger partial charge in [0.25, 0.3) is 5.91 Å². The van der Waals surface area contributed by atoms with Gasteiger partial charge < -0.3 is 15.1 Å². The summed E-state index contributed by atoms with van der Waals surface area (Å²) in [5, 5.41) is 3.27. The highest BCUT2D eigenvalue weighted by Crippen LogP contribution is 2.24. The standard InChI is InChI=1S/C19H25N5O3S/c1-23(14-15-6-4-3-5-7-15)19(25)17-12-16(22-28(2,26)27)13-21-18(17)24-10-8-20-9-11-24/h3-7,12-13,20,22H,8-11,14H2,1-2H3. The molecule has 1 saturated heterocycles. The summed E-state index contributed by atoms with van der Waals surface area (Å²) in [4.78, 5) is 21.3. The van der Waals surface area contributed by atoms with E-state index in [-0.39, 0.29) is 11.6 Å². The Hall–Kier alpha value is -2.65. The third-order valence-electron chi connectivity index (χ3n) is 4.43. The predicted molar refractivity (Wildman–Crippen MR) is 110 cm³/mol. The van der Waals surface area contributed by atoms with Crippen molar-refractivity contribution in [1.29, 1.82) is 0 Å². The predicted octanol–water partition coefficient (Wildman–Crippen LogP) is 1.13. The molecule has 0 saturated carbocycles. The van der Waals surface area contributed by atoms with Crippen LogP contribution in [0.15, 0.2) is 42.6 Å². The van der Waals surface area contributed by atoms with Gasteiger partial charge in [0.2, 0.25) is 10.0 Å². The number of carbonyl (C=O) groups is 1. The molecule has 3 rings (SSSR count). The van der Waals surface area contributed by atoms with E-state index < -0.39 is 10.0 Å². The van der Waals surface area contributed by atoms with Crippen LogP contribution in [-0.4, -0.2) is 63.7 Å². The van der Waals surface area contributed by atoms with Crippen LogP contribution >= 0.6 is 0 Å². The summed E-state index contributed by atoms with van der Waals surface area (Å²) < 4.78 is 25.6. The van der Waals surface area contributed by atoms with Crippen LogP contribution in [0.4, 0.5) is 11.5 Å². The van der Waals surface area contributed by atoms with E-state index in [1.807, 2.05) is 35.2 Å². The summed E-state index contributed by atoms with van der Waals surface area (Å²) in [7, 11) is -1.73. The van der Waals surface area contributed by atoms with Gasteiger partial charge in [-0.3, -0.25) is 9.52 Å². The normalized spacial score (nSPS) is 14.6. The second-order valence-corrected chi connectivity index (χ2v) is 8.60. The fourth-order valence-corrected chi connectivity index (χ4v) is 3.69. The number of carbonyl (C=O) groups excluding carboxylic acids is 1. The first kappa shape index (κ1) is 20.1. The molecule has 28 heavy (non-hydrogen) atoms. The van der Waals surface area contributed by atoms with E-state index in [4.69, 9.17) is 0 Å². The van der Waals surface area contributed by atoms with Crippen molar-refractivity contribution in [2.24, 2.45) is 0 Å². The number of anilines is 2. The van der Waals surface area contributed by atoms with Crippen LogP contribution in [0.25, 0.3) is 0 Å². The highest BCUT2D eigenvalue weighted by Gasteiger charge is 2.23. The Kier molecular flexibility index (Phi) is 6.15. The molecule has 0 bridgehead atoms. The molecule has 150 valence electrons. The number of aromatic nitrogens is 1. The quantitative estimate of drug-likeness (QED) is 0.751. The third-order valence-corrected chi connectivity index (χ3v) is 5.03. The first-order valence-electron chi connectivity index (χ1n) is 9.06. The maximum Gasteiger partial charge on any atom is 0.257 e. The number of hydrogen-bond acceptors (Lipinski definition) is 6. The molecule has 0 radical (unpaired) electrons. The van der Waals surface area contributed by atoms with E-state index in [1.165, 1.54) is 6.20 Å². The second kappa shape index (κ2) is 8.57. The molecule has 0 unspecified atom stereocenters. The number of piperazine rings is 1. The van der Waals surface area contributed by atoms with Crippen LogP contribution in [0.5, 0.6) is 0 Å². The smallest absolute Gasteiger partial charge is 0.257 e. The Balaban J connectivity index is 1.92. The highest BCUT2D eigenvalue weighted by atomic mass is 32.2. The van der Waals surface area contributed by atoms with E-state index in [0.29, 0.717) is 17.9 Å². The van der Waals surface area contributed by atoms with Gasteiger partial charge in [-0.05, 0) is 11.6 Å². The van der Waals surface area contributed by atoms with Gasteiger partial charge in [-0.1, -0.05) is 30.3 Å². The molecule has 1 aromatic heterocycles. The molecule has 0 atom stereocenters. The number of amides is 1. The minimum atomic E-state index is -3.46. The number of rotatable bonds is 6. The molecular weight excluding hydrogens is 378 g/mol. The molecule has 1 amide bonds. The lowest BCUT2D eigenvalue weighted by Crippen LogP contribution is -2.44. The maximum atomic E-state index is 13.2. The van der Waals surface area contributed by atoms with E-state index in [9.17, 15) is 13.2 Å². The fraction of sp³-hybridized carbons (Fsp3) is 0.368. The van der Waals surface area contributed by atoms with Crippen LogP contribution in [0.3, 0.4) is 0 Å². The van der Waals surface area contributed by atoms with Crippen molar-refractivity contribution in [3.8, 4) is 0 Å². The Morgan fingerprint density at radius 3 is 2.57 bits per heavy atom. The third kappa shape index (κ3) is 5.20. The van der Waals surface area contributed by atoms with E-state index in [0.717, 1.165) is 38.0 Å². The molecule has 1 fully saturated rings. The molecule has 2 N–H and O–H groups in total.